The number of aromatic nitrogens is 2. The van der Waals surface area contributed by atoms with Crippen LogP contribution in [0.1, 0.15) is 43.4 Å². The van der Waals surface area contributed by atoms with Crippen LogP contribution in [0.3, 0.4) is 0 Å². The van der Waals surface area contributed by atoms with Crippen LogP contribution in [0.25, 0.3) is 0 Å². The fraction of sp³-hybridized carbons (Fsp3) is 0.462. The van der Waals surface area contributed by atoms with Gasteiger partial charge in [0.25, 0.3) is 0 Å². The lowest BCUT2D eigenvalue weighted by Gasteiger charge is -2.46. The minimum absolute atomic E-state index is 0.0252. The minimum Gasteiger partial charge on any atom is -0.474 e. The lowest BCUT2D eigenvalue weighted by molar-refractivity contribution is -0.138. The largest absolute Gasteiger partial charge is 0.474 e. The van der Waals surface area contributed by atoms with E-state index in [1.54, 1.807) is 23.2 Å². The number of halogens is 3. The third-order valence-corrected chi connectivity index (χ3v) is 7.85. The van der Waals surface area contributed by atoms with Crippen molar-refractivity contribution in [3.05, 3.63) is 41.9 Å². The predicted molar refractivity (Wildman–Crippen MR) is 137 cm³/mol. The summed E-state index contributed by atoms with van der Waals surface area (Å²) in [5, 5.41) is 20.5. The first kappa shape index (κ1) is 26.2. The highest BCUT2D eigenvalue weighted by Gasteiger charge is 2.59. The van der Waals surface area contributed by atoms with Crippen LogP contribution < -0.4 is 14.5 Å². The van der Waals surface area contributed by atoms with Gasteiger partial charge in [0.2, 0.25) is 5.88 Å². The zero-order valence-electron chi connectivity index (χ0n) is 20.4. The number of aliphatic hydroxyl groups is 1. The fourth-order valence-corrected chi connectivity index (χ4v) is 5.84. The van der Waals surface area contributed by atoms with Gasteiger partial charge in [0, 0.05) is 19.2 Å². The molecular formula is C26H25F3N6O2S. The lowest BCUT2D eigenvalue weighted by Crippen LogP contribution is -2.57. The second-order valence-corrected chi connectivity index (χ2v) is 10.0. The first-order valence-corrected chi connectivity index (χ1v) is 12.7. The molecule has 8 nitrogen and oxygen atoms in total. The minimum atomic E-state index is -4.79. The Balaban J connectivity index is 1.38. The van der Waals surface area contributed by atoms with Crippen LogP contribution >= 0.6 is 12.2 Å². The highest BCUT2D eigenvalue weighted by molar-refractivity contribution is 7.80. The number of nitriles is 1. The summed E-state index contributed by atoms with van der Waals surface area (Å²) in [4.78, 5) is 13.4. The molecule has 0 bridgehead atoms. The summed E-state index contributed by atoms with van der Waals surface area (Å²) in [6.45, 7) is 2.33. The summed E-state index contributed by atoms with van der Waals surface area (Å²) in [7, 11) is 0. The van der Waals surface area contributed by atoms with Crippen molar-refractivity contribution < 1.29 is 23.0 Å². The van der Waals surface area contributed by atoms with Crippen LogP contribution in [-0.2, 0) is 6.18 Å². The number of terminal acetylenes is 1. The number of hydrogen-bond acceptors (Lipinski definition) is 7. The number of likely N-dealkylation sites (tertiary alicyclic amines) is 1. The number of alkyl halides is 3. The Morgan fingerprint density at radius 1 is 1.18 bits per heavy atom. The van der Waals surface area contributed by atoms with Gasteiger partial charge >= 0.3 is 6.18 Å². The van der Waals surface area contributed by atoms with Crippen molar-refractivity contribution in [3.8, 4) is 24.3 Å². The lowest BCUT2D eigenvalue weighted by atomic mass is 9.74. The molecule has 5 rings (SSSR count). The number of hydrogen-bond donors (Lipinski definition) is 1. The van der Waals surface area contributed by atoms with Crippen molar-refractivity contribution in [1.82, 2.24) is 14.9 Å². The number of thiocarbonyl (C=S) groups is 1. The van der Waals surface area contributed by atoms with Crippen LogP contribution in [0, 0.1) is 23.7 Å². The molecule has 0 radical (unpaired) electrons. The Labute approximate surface area is 223 Å². The van der Waals surface area contributed by atoms with Gasteiger partial charge in [-0.05, 0) is 56.5 Å². The molecule has 0 amide bonds. The quantitative estimate of drug-likeness (QED) is 0.449. The number of piperidine rings is 1. The van der Waals surface area contributed by atoms with Crippen molar-refractivity contribution >= 4 is 28.7 Å². The molecule has 1 N–H and O–H groups in total. The second kappa shape index (κ2) is 10.0. The molecule has 4 heterocycles. The molecular weight excluding hydrogens is 517 g/mol. The van der Waals surface area contributed by atoms with Crippen molar-refractivity contribution in [2.75, 3.05) is 29.4 Å². The van der Waals surface area contributed by atoms with Crippen LogP contribution in [0.4, 0.5) is 24.5 Å². The van der Waals surface area contributed by atoms with E-state index < -0.39 is 29.2 Å². The maximum Gasteiger partial charge on any atom is 0.419 e. The Bertz CT molecular complexity index is 1290. The Morgan fingerprint density at radius 2 is 1.89 bits per heavy atom. The van der Waals surface area contributed by atoms with E-state index in [2.05, 4.69) is 20.8 Å². The molecule has 1 saturated carbocycles. The van der Waals surface area contributed by atoms with E-state index in [0.717, 1.165) is 44.6 Å². The van der Waals surface area contributed by atoms with Gasteiger partial charge in [0.1, 0.15) is 12.2 Å². The molecule has 1 spiro atoms. The van der Waals surface area contributed by atoms with Crippen molar-refractivity contribution in [1.29, 1.82) is 5.26 Å². The third kappa shape index (κ3) is 4.53. The molecule has 198 valence electrons. The molecule has 1 aliphatic carbocycles. The van der Waals surface area contributed by atoms with E-state index in [4.69, 9.17) is 28.6 Å². The van der Waals surface area contributed by atoms with Crippen LogP contribution in [0.15, 0.2) is 30.6 Å². The number of aliphatic hydroxyl groups excluding tert-OH is 1. The number of anilines is 2. The van der Waals surface area contributed by atoms with E-state index in [0.29, 0.717) is 31.0 Å². The van der Waals surface area contributed by atoms with Gasteiger partial charge in [-0.3, -0.25) is 9.80 Å². The average molecular weight is 543 g/mol. The number of ether oxygens (including phenoxy) is 1. The molecule has 2 saturated heterocycles. The van der Waals surface area contributed by atoms with E-state index in [1.807, 2.05) is 0 Å². The van der Waals surface area contributed by atoms with Gasteiger partial charge in [0.15, 0.2) is 17.0 Å². The molecule has 38 heavy (non-hydrogen) atoms. The van der Waals surface area contributed by atoms with Gasteiger partial charge in [-0.15, -0.1) is 6.42 Å². The first-order valence-electron chi connectivity index (χ1n) is 12.3. The smallest absolute Gasteiger partial charge is 0.419 e. The maximum absolute atomic E-state index is 13.6. The summed E-state index contributed by atoms with van der Waals surface area (Å²) < 4.78 is 46.8. The Kier molecular flexibility index (Phi) is 6.90. The third-order valence-electron chi connectivity index (χ3n) is 7.47. The fourth-order valence-electron chi connectivity index (χ4n) is 5.35. The molecule has 1 atom stereocenters. The summed E-state index contributed by atoms with van der Waals surface area (Å²) in [5.41, 5.74) is -2.16. The van der Waals surface area contributed by atoms with Gasteiger partial charge in [-0.25, -0.2) is 9.97 Å². The predicted octanol–water partition coefficient (Wildman–Crippen LogP) is 3.70. The Hall–Kier alpha value is -3.45. The normalized spacial score (nSPS) is 21.7. The zero-order valence-corrected chi connectivity index (χ0v) is 21.2. The van der Waals surface area contributed by atoms with Crippen LogP contribution in [0.5, 0.6) is 5.88 Å². The highest BCUT2D eigenvalue weighted by Crippen LogP contribution is 2.50. The van der Waals surface area contributed by atoms with Gasteiger partial charge in [-0.1, -0.05) is 5.92 Å². The molecule has 3 fully saturated rings. The maximum atomic E-state index is 13.6. The summed E-state index contributed by atoms with van der Waals surface area (Å²) in [5.74, 6) is 3.11. The summed E-state index contributed by atoms with van der Waals surface area (Å²) in [6, 6.07) is 5.80. The summed E-state index contributed by atoms with van der Waals surface area (Å²) in [6.07, 6.45) is 5.84. The highest BCUT2D eigenvalue weighted by atomic mass is 32.1. The van der Waals surface area contributed by atoms with E-state index in [-0.39, 0.29) is 16.9 Å². The van der Waals surface area contributed by atoms with Gasteiger partial charge in [-0.2, -0.15) is 18.4 Å². The standard InChI is InChI=1S/C26H25F3N6O2S/c1-2-10-33-11-6-19(7-12-33)37-22-5-4-17(15-32-22)35-24(38)34(23(36)25(35)8-3-9-25)18-13-20(26(27,28)29)21(14-30)31-16-18/h1,4-5,13,15-16,19,23,36H,3,6-12H2. The van der Waals surface area contributed by atoms with Crippen LogP contribution in [0.2, 0.25) is 0 Å². The van der Waals surface area contributed by atoms with Gasteiger partial charge < -0.3 is 14.7 Å². The molecule has 12 heteroatoms. The zero-order chi connectivity index (χ0) is 27.1. The second-order valence-electron chi connectivity index (χ2n) is 9.67. The number of pyridine rings is 2. The molecule has 3 aliphatic rings. The van der Waals surface area contributed by atoms with E-state index in [9.17, 15) is 18.3 Å². The van der Waals surface area contributed by atoms with Gasteiger partial charge in [0.05, 0.1) is 41.4 Å². The topological polar surface area (TPSA) is 88.8 Å². The summed E-state index contributed by atoms with van der Waals surface area (Å²) >= 11 is 5.69. The van der Waals surface area contributed by atoms with Crippen molar-refractivity contribution in [2.24, 2.45) is 0 Å². The molecule has 2 aromatic rings. The Morgan fingerprint density at radius 3 is 2.45 bits per heavy atom. The average Bonchev–Trinajstić information content (AvgIpc) is 3.11. The number of nitrogens with zero attached hydrogens (tertiary/aromatic N) is 6. The molecule has 2 aliphatic heterocycles. The molecule has 0 aromatic carbocycles. The van der Waals surface area contributed by atoms with Crippen molar-refractivity contribution in [2.45, 2.75) is 56.2 Å². The molecule has 1 unspecified atom stereocenters. The SMILES string of the molecule is C#CCN1CCC(Oc2ccc(N3C(=S)N(c4cnc(C#N)c(C(F)(F)F)c4)C(O)C34CCC4)cn2)CC1. The van der Waals surface area contributed by atoms with E-state index in [1.165, 1.54) is 11.0 Å². The van der Waals surface area contributed by atoms with Crippen LogP contribution in [-0.4, -0.2) is 62.6 Å². The molecule has 2 aromatic heterocycles. The first-order chi connectivity index (χ1) is 18.2. The monoisotopic (exact) mass is 542 g/mol. The van der Waals surface area contributed by atoms with Crippen molar-refractivity contribution in [3.63, 3.8) is 0 Å². The van der Waals surface area contributed by atoms with E-state index >= 15 is 0 Å². The number of rotatable bonds is 5.